The molecule has 2 unspecified atom stereocenters. The van der Waals surface area contributed by atoms with Gasteiger partial charge in [0.25, 0.3) is 6.29 Å². The van der Waals surface area contributed by atoms with E-state index in [4.69, 9.17) is 18.9 Å². The van der Waals surface area contributed by atoms with Gasteiger partial charge in [0, 0.05) is 12.8 Å². The van der Waals surface area contributed by atoms with Gasteiger partial charge in [0.2, 0.25) is 0 Å². The van der Waals surface area contributed by atoms with Crippen LogP contribution >= 0.6 is 0 Å². The van der Waals surface area contributed by atoms with E-state index in [2.05, 4.69) is 38.2 Å². The van der Waals surface area contributed by atoms with Crippen LogP contribution in [0.25, 0.3) is 0 Å². The number of allylic oxidation sites excluding steroid dienone is 4. The van der Waals surface area contributed by atoms with E-state index >= 15 is 0 Å². The van der Waals surface area contributed by atoms with Gasteiger partial charge in [0.1, 0.15) is 13.2 Å². The highest BCUT2D eigenvalue weighted by Crippen LogP contribution is 2.15. The second-order valence-electron chi connectivity index (χ2n) is 18.5. The predicted molar refractivity (Wildman–Crippen MR) is 254 cm³/mol. The summed E-state index contributed by atoms with van der Waals surface area (Å²) in [6.45, 7) is 4.88. The number of aliphatic carboxylic acids is 1. The molecule has 0 saturated carbocycles. The van der Waals surface area contributed by atoms with Gasteiger partial charge >= 0.3 is 17.9 Å². The minimum atomic E-state index is -1.51. The minimum Gasteiger partial charge on any atom is -0.477 e. The van der Waals surface area contributed by atoms with Gasteiger partial charge in [0.15, 0.2) is 6.10 Å². The number of quaternary nitrogens is 1. The third kappa shape index (κ3) is 45.6. The van der Waals surface area contributed by atoms with E-state index in [9.17, 15) is 19.5 Å². The van der Waals surface area contributed by atoms with Gasteiger partial charge in [-0.1, -0.05) is 179 Å². The van der Waals surface area contributed by atoms with Gasteiger partial charge in [-0.05, 0) is 64.2 Å². The Kier molecular flexibility index (Phi) is 42.8. The van der Waals surface area contributed by atoms with Crippen molar-refractivity contribution >= 4 is 17.9 Å². The van der Waals surface area contributed by atoms with E-state index in [0.717, 1.165) is 51.4 Å². The Hall–Kier alpha value is -2.23. The van der Waals surface area contributed by atoms with Crippen molar-refractivity contribution < 1.29 is 42.9 Å². The number of ether oxygens (including phenoxy) is 4. The van der Waals surface area contributed by atoms with Crippen LogP contribution in [0, 0.1) is 0 Å². The molecule has 0 aromatic rings. The number of nitrogens with zero attached hydrogens (tertiary/aromatic N) is 1. The molecule has 0 aliphatic rings. The SMILES string of the molecule is CCCCCCCC/C=C\CCCCCCCC(=O)OCC(COC(OCC[N+](C)(C)C)C(=O)O)OC(=O)CCCCCCCCCCC/C=C\CCCCCCCCCC. The molecule has 0 aromatic carbocycles. The molecular formula is C52H98NO8+. The lowest BCUT2D eigenvalue weighted by atomic mass is 10.1. The third-order valence-electron chi connectivity index (χ3n) is 11.2. The third-order valence-corrected chi connectivity index (χ3v) is 11.2. The second kappa shape index (κ2) is 44.4. The Balaban J connectivity index is 4.33. The highest BCUT2D eigenvalue weighted by atomic mass is 16.7. The number of hydrogen-bond acceptors (Lipinski definition) is 7. The number of unbranched alkanes of at least 4 members (excludes halogenated alkanes) is 28. The Morgan fingerprint density at radius 1 is 0.475 bits per heavy atom. The maximum absolute atomic E-state index is 12.8. The summed E-state index contributed by atoms with van der Waals surface area (Å²) in [6, 6.07) is 0. The summed E-state index contributed by atoms with van der Waals surface area (Å²) in [5.41, 5.74) is 0. The number of carbonyl (C=O) groups excluding carboxylic acids is 2. The molecule has 0 radical (unpaired) electrons. The van der Waals surface area contributed by atoms with E-state index in [1.165, 1.54) is 154 Å². The van der Waals surface area contributed by atoms with E-state index in [1.807, 2.05) is 21.1 Å². The molecule has 2 atom stereocenters. The van der Waals surface area contributed by atoms with Crippen LogP contribution in [-0.2, 0) is 33.3 Å². The van der Waals surface area contributed by atoms with Crippen LogP contribution in [0.5, 0.6) is 0 Å². The van der Waals surface area contributed by atoms with Crippen molar-refractivity contribution in [1.29, 1.82) is 0 Å². The first-order valence-corrected chi connectivity index (χ1v) is 25.5. The standard InChI is InChI=1S/C52H97NO8/c1-6-8-10-12-14-16-18-20-22-23-24-25-26-27-29-31-33-35-37-39-41-43-50(55)61-48(47-60-52(51(56)57)58-45-44-53(3,4)5)46-59-49(54)42-40-38-36-34-32-30-28-21-19-17-15-13-11-9-7-2/h21,23-24,28,48,52H,6-20,22,25-27,29-47H2,1-5H3/p+1/b24-23-,28-21-. The fourth-order valence-electron chi connectivity index (χ4n) is 7.18. The molecule has 9 heteroatoms. The van der Waals surface area contributed by atoms with Crippen LogP contribution in [0.15, 0.2) is 24.3 Å². The lowest BCUT2D eigenvalue weighted by molar-refractivity contribution is -0.870. The van der Waals surface area contributed by atoms with Crippen LogP contribution in [0.4, 0.5) is 0 Å². The van der Waals surface area contributed by atoms with Crippen molar-refractivity contribution in [2.24, 2.45) is 0 Å². The highest BCUT2D eigenvalue weighted by molar-refractivity contribution is 5.71. The zero-order valence-electron chi connectivity index (χ0n) is 40.6. The molecule has 61 heavy (non-hydrogen) atoms. The molecule has 0 aliphatic heterocycles. The number of carboxylic acids is 1. The number of carbonyl (C=O) groups is 3. The lowest BCUT2D eigenvalue weighted by Gasteiger charge is -2.25. The summed E-state index contributed by atoms with van der Waals surface area (Å²) >= 11 is 0. The maximum atomic E-state index is 12.8. The van der Waals surface area contributed by atoms with Crippen molar-refractivity contribution in [1.82, 2.24) is 0 Å². The molecule has 0 aliphatic carbocycles. The van der Waals surface area contributed by atoms with Gasteiger partial charge in [0.05, 0.1) is 34.4 Å². The summed E-state index contributed by atoms with van der Waals surface area (Å²) in [4.78, 5) is 37.2. The first-order chi connectivity index (χ1) is 29.6. The van der Waals surface area contributed by atoms with Gasteiger partial charge < -0.3 is 28.5 Å². The molecule has 0 spiro atoms. The monoisotopic (exact) mass is 865 g/mol. The van der Waals surface area contributed by atoms with Crippen LogP contribution in [0.1, 0.15) is 232 Å². The smallest absolute Gasteiger partial charge is 0.361 e. The number of likely N-dealkylation sites (N-methyl/N-ethyl adjacent to an activating group) is 1. The van der Waals surface area contributed by atoms with Crippen LogP contribution in [0.3, 0.4) is 0 Å². The van der Waals surface area contributed by atoms with Crippen molar-refractivity contribution in [3.63, 3.8) is 0 Å². The predicted octanol–water partition coefficient (Wildman–Crippen LogP) is 14.0. The molecule has 0 bridgehead atoms. The quantitative estimate of drug-likeness (QED) is 0.0212. The molecule has 0 aromatic heterocycles. The number of hydrogen-bond donors (Lipinski definition) is 1. The van der Waals surface area contributed by atoms with E-state index in [-0.39, 0.29) is 32.2 Å². The van der Waals surface area contributed by atoms with Crippen molar-refractivity contribution in [3.8, 4) is 0 Å². The molecule has 9 nitrogen and oxygen atoms in total. The normalized spacial score (nSPS) is 13.0. The number of esters is 2. The zero-order valence-corrected chi connectivity index (χ0v) is 40.6. The van der Waals surface area contributed by atoms with E-state index < -0.39 is 24.3 Å². The summed E-state index contributed by atoms with van der Waals surface area (Å²) in [7, 11) is 5.96. The maximum Gasteiger partial charge on any atom is 0.361 e. The van der Waals surface area contributed by atoms with Crippen LogP contribution in [-0.4, -0.2) is 87.4 Å². The Morgan fingerprint density at radius 3 is 1.21 bits per heavy atom. The van der Waals surface area contributed by atoms with Crippen LogP contribution in [0.2, 0.25) is 0 Å². The summed E-state index contributed by atoms with van der Waals surface area (Å²) in [5, 5.41) is 9.66. The molecular weight excluding hydrogens is 767 g/mol. The van der Waals surface area contributed by atoms with E-state index in [0.29, 0.717) is 17.4 Å². The largest absolute Gasteiger partial charge is 0.477 e. The molecule has 0 saturated heterocycles. The fourth-order valence-corrected chi connectivity index (χ4v) is 7.18. The van der Waals surface area contributed by atoms with Gasteiger partial charge in [-0.2, -0.15) is 0 Å². The Bertz CT molecular complexity index is 1050. The topological polar surface area (TPSA) is 108 Å². The lowest BCUT2D eigenvalue weighted by Crippen LogP contribution is -2.40. The van der Waals surface area contributed by atoms with Crippen molar-refractivity contribution in [2.45, 2.75) is 245 Å². The molecule has 0 amide bonds. The van der Waals surface area contributed by atoms with Crippen LogP contribution < -0.4 is 0 Å². The summed E-state index contributed by atoms with van der Waals surface area (Å²) in [5.74, 6) is -2.01. The van der Waals surface area contributed by atoms with Crippen molar-refractivity contribution in [3.05, 3.63) is 24.3 Å². The van der Waals surface area contributed by atoms with Gasteiger partial charge in [-0.25, -0.2) is 4.79 Å². The minimum absolute atomic E-state index is 0.184. The molecule has 1 N–H and O–H groups in total. The first kappa shape index (κ1) is 58.8. The van der Waals surface area contributed by atoms with Gasteiger partial charge in [-0.3, -0.25) is 9.59 Å². The average Bonchev–Trinajstić information content (AvgIpc) is 3.22. The number of rotatable bonds is 47. The Morgan fingerprint density at radius 2 is 0.836 bits per heavy atom. The summed E-state index contributed by atoms with van der Waals surface area (Å²) < 4.78 is 22.8. The van der Waals surface area contributed by atoms with Gasteiger partial charge in [-0.15, -0.1) is 0 Å². The highest BCUT2D eigenvalue weighted by Gasteiger charge is 2.25. The average molecular weight is 865 g/mol. The summed E-state index contributed by atoms with van der Waals surface area (Å²) in [6.07, 6.45) is 46.7. The molecule has 0 fully saturated rings. The number of carboxylic acid groups (broad SMARTS) is 1. The first-order valence-electron chi connectivity index (χ1n) is 25.5. The Labute approximate surface area is 376 Å². The fraction of sp³-hybridized carbons (Fsp3) is 0.865. The van der Waals surface area contributed by atoms with Crippen molar-refractivity contribution in [2.75, 3.05) is 47.5 Å². The van der Waals surface area contributed by atoms with E-state index in [1.54, 1.807) is 0 Å². The zero-order chi connectivity index (χ0) is 44.9. The molecule has 0 heterocycles. The molecule has 358 valence electrons. The second-order valence-corrected chi connectivity index (χ2v) is 18.5. The molecule has 0 rings (SSSR count).